The molecule has 1 heterocycles. The average molecular weight is 328 g/mol. The largest absolute Gasteiger partial charge is 0.292 e. The van der Waals surface area contributed by atoms with Gasteiger partial charge in [-0.1, -0.05) is 39.0 Å². The van der Waals surface area contributed by atoms with E-state index in [9.17, 15) is 9.59 Å². The maximum Gasteiger partial charge on any atom is 0.292 e. The van der Waals surface area contributed by atoms with Gasteiger partial charge in [0.1, 0.15) is 0 Å². The van der Waals surface area contributed by atoms with Crippen molar-refractivity contribution in [1.29, 1.82) is 0 Å². The van der Waals surface area contributed by atoms with Crippen LogP contribution in [0.1, 0.15) is 50.5 Å². The molecule has 0 atom stereocenters. The second-order valence-electron chi connectivity index (χ2n) is 5.72. The van der Waals surface area contributed by atoms with Gasteiger partial charge >= 0.3 is 0 Å². The Hall–Kier alpha value is -2.50. The van der Waals surface area contributed by atoms with Crippen LogP contribution in [0.5, 0.6) is 0 Å². The van der Waals surface area contributed by atoms with Crippen molar-refractivity contribution < 1.29 is 4.79 Å². The minimum absolute atomic E-state index is 0.176. The Bertz CT molecular complexity index is 791. The predicted octanol–water partition coefficient (Wildman–Crippen LogP) is 2.96. The van der Waals surface area contributed by atoms with Crippen molar-refractivity contribution in [3.8, 4) is 0 Å². The van der Waals surface area contributed by atoms with E-state index in [1.807, 2.05) is 6.92 Å². The highest BCUT2D eigenvalue weighted by molar-refractivity contribution is 6.04. The minimum Gasteiger partial charge on any atom is -0.267 e. The van der Waals surface area contributed by atoms with Gasteiger partial charge in [-0.3, -0.25) is 9.59 Å². The number of carbonyl (C=O) groups excluding carboxylic acids is 1. The first kappa shape index (κ1) is 17.8. The van der Waals surface area contributed by atoms with Gasteiger partial charge in [0.05, 0.1) is 5.39 Å². The third-order valence-electron chi connectivity index (χ3n) is 4.02. The molecule has 0 radical (unpaired) electrons. The highest BCUT2D eigenvalue weighted by Gasteiger charge is 2.16. The molecular weight excluding hydrogens is 304 g/mol. The number of rotatable bonds is 7. The van der Waals surface area contributed by atoms with Gasteiger partial charge < -0.3 is 0 Å². The molecule has 6 heteroatoms. The van der Waals surface area contributed by atoms with E-state index in [0.717, 1.165) is 19.3 Å². The number of benzene rings is 1. The van der Waals surface area contributed by atoms with Crippen LogP contribution < -0.4 is 11.0 Å². The smallest absolute Gasteiger partial charge is 0.267 e. The van der Waals surface area contributed by atoms with Gasteiger partial charge in [-0.15, -0.1) is 0 Å². The van der Waals surface area contributed by atoms with Gasteiger partial charge in [-0.05, 0) is 31.2 Å². The molecule has 1 aromatic heterocycles. The second-order valence-corrected chi connectivity index (χ2v) is 5.72. The van der Waals surface area contributed by atoms with E-state index in [1.54, 1.807) is 30.5 Å². The Morgan fingerprint density at radius 2 is 1.92 bits per heavy atom. The standard InChI is InChI=1S/C18H24N4O2/c1-4-11-22-18(24)15-10-8-7-9-14(15)16(21-22)17(23)20-19-12-13(5-2)6-3/h7-10,12-13H,4-6,11H2,1-3H3,(H,20,23)/b19-12+. The van der Waals surface area contributed by atoms with Crippen LogP contribution in [0, 0.1) is 5.92 Å². The van der Waals surface area contributed by atoms with E-state index >= 15 is 0 Å². The Kier molecular flexibility index (Phi) is 6.23. The van der Waals surface area contributed by atoms with Crippen LogP contribution in [0.25, 0.3) is 10.8 Å². The predicted molar refractivity (Wildman–Crippen MR) is 96.3 cm³/mol. The van der Waals surface area contributed by atoms with Crippen LogP contribution in [-0.4, -0.2) is 21.9 Å². The number of amides is 1. The molecule has 0 aliphatic heterocycles. The summed E-state index contributed by atoms with van der Waals surface area (Å²) in [6.45, 7) is 6.60. The first-order valence-electron chi connectivity index (χ1n) is 8.45. The number of fused-ring (bicyclic) bond motifs is 1. The van der Waals surface area contributed by atoms with Gasteiger partial charge in [-0.2, -0.15) is 10.2 Å². The van der Waals surface area contributed by atoms with Crippen LogP contribution in [0.4, 0.5) is 0 Å². The fourth-order valence-corrected chi connectivity index (χ4v) is 2.52. The first-order valence-corrected chi connectivity index (χ1v) is 8.45. The molecule has 1 aromatic carbocycles. The van der Waals surface area contributed by atoms with E-state index in [1.165, 1.54) is 4.68 Å². The summed E-state index contributed by atoms with van der Waals surface area (Å²) in [6.07, 6.45) is 4.46. The fraction of sp³-hybridized carbons (Fsp3) is 0.444. The van der Waals surface area contributed by atoms with Crippen molar-refractivity contribution >= 4 is 22.9 Å². The molecular formula is C18H24N4O2. The molecule has 0 spiro atoms. The van der Waals surface area contributed by atoms with Crippen LogP contribution in [0.2, 0.25) is 0 Å². The third-order valence-corrected chi connectivity index (χ3v) is 4.02. The summed E-state index contributed by atoms with van der Waals surface area (Å²) < 4.78 is 1.35. The number of aryl methyl sites for hydroxylation is 1. The average Bonchev–Trinajstić information content (AvgIpc) is 2.61. The Labute approximate surface area is 141 Å². The summed E-state index contributed by atoms with van der Waals surface area (Å²) in [4.78, 5) is 24.9. The fourth-order valence-electron chi connectivity index (χ4n) is 2.52. The van der Waals surface area contributed by atoms with Crippen LogP contribution in [0.15, 0.2) is 34.2 Å². The van der Waals surface area contributed by atoms with Gasteiger partial charge in [0.25, 0.3) is 11.5 Å². The number of nitrogens with zero attached hydrogens (tertiary/aromatic N) is 3. The minimum atomic E-state index is -0.404. The van der Waals surface area contributed by atoms with Gasteiger partial charge in [0.2, 0.25) is 0 Å². The third kappa shape index (κ3) is 3.88. The molecule has 0 fully saturated rings. The molecule has 0 aliphatic rings. The van der Waals surface area contributed by atoms with Crippen LogP contribution in [0.3, 0.4) is 0 Å². The van der Waals surface area contributed by atoms with Crippen molar-refractivity contribution in [2.75, 3.05) is 0 Å². The summed E-state index contributed by atoms with van der Waals surface area (Å²) in [5, 5.41) is 9.33. The number of hydrazone groups is 1. The zero-order valence-corrected chi connectivity index (χ0v) is 14.5. The Morgan fingerprint density at radius 3 is 2.54 bits per heavy atom. The SMILES string of the molecule is CCCn1nc(C(=O)N/N=C/C(CC)CC)c2ccccc2c1=O. The molecule has 0 bridgehead atoms. The summed E-state index contributed by atoms with van der Waals surface area (Å²) in [7, 11) is 0. The number of hydrogen-bond acceptors (Lipinski definition) is 4. The zero-order valence-electron chi connectivity index (χ0n) is 14.5. The second kappa shape index (κ2) is 8.38. The molecule has 0 saturated carbocycles. The lowest BCUT2D eigenvalue weighted by Gasteiger charge is -2.09. The molecule has 0 saturated heterocycles. The van der Waals surface area contributed by atoms with Crippen LogP contribution >= 0.6 is 0 Å². The maximum absolute atomic E-state index is 12.5. The van der Waals surface area contributed by atoms with Crippen molar-refractivity contribution in [3.63, 3.8) is 0 Å². The normalized spacial score (nSPS) is 11.5. The van der Waals surface area contributed by atoms with Crippen molar-refractivity contribution in [2.45, 2.75) is 46.6 Å². The van der Waals surface area contributed by atoms with E-state index in [0.29, 0.717) is 23.2 Å². The summed E-state index contributed by atoms with van der Waals surface area (Å²) in [6, 6.07) is 7.03. The number of carbonyl (C=O) groups is 1. The van der Waals surface area contributed by atoms with Crippen molar-refractivity contribution in [2.24, 2.45) is 11.0 Å². The molecule has 24 heavy (non-hydrogen) atoms. The molecule has 1 N–H and O–H groups in total. The van der Waals surface area contributed by atoms with E-state index in [4.69, 9.17) is 0 Å². The molecule has 128 valence electrons. The summed E-state index contributed by atoms with van der Waals surface area (Å²) in [5.74, 6) is -0.0673. The van der Waals surface area contributed by atoms with Gasteiger partial charge in [-0.25, -0.2) is 10.1 Å². The molecule has 1 amide bonds. The summed E-state index contributed by atoms with van der Waals surface area (Å²) in [5.41, 5.74) is 2.58. The molecule has 0 unspecified atom stereocenters. The van der Waals surface area contributed by atoms with E-state index < -0.39 is 5.91 Å². The molecule has 2 rings (SSSR count). The monoisotopic (exact) mass is 328 g/mol. The first-order chi connectivity index (χ1) is 11.6. The lowest BCUT2D eigenvalue weighted by Crippen LogP contribution is -2.29. The van der Waals surface area contributed by atoms with E-state index in [-0.39, 0.29) is 11.3 Å². The number of hydrogen-bond donors (Lipinski definition) is 1. The quantitative estimate of drug-likeness (QED) is 0.627. The lowest BCUT2D eigenvalue weighted by atomic mass is 10.1. The topological polar surface area (TPSA) is 76.3 Å². The highest BCUT2D eigenvalue weighted by atomic mass is 16.2. The van der Waals surface area contributed by atoms with Crippen molar-refractivity contribution in [3.05, 3.63) is 40.3 Å². The number of nitrogens with one attached hydrogen (secondary N) is 1. The van der Waals surface area contributed by atoms with Gasteiger partial charge in [0, 0.05) is 18.1 Å². The van der Waals surface area contributed by atoms with Gasteiger partial charge in [0.15, 0.2) is 5.69 Å². The lowest BCUT2D eigenvalue weighted by molar-refractivity contribution is 0.0949. The van der Waals surface area contributed by atoms with Crippen LogP contribution in [-0.2, 0) is 6.54 Å². The molecule has 0 aliphatic carbocycles. The number of aromatic nitrogens is 2. The molecule has 2 aromatic rings. The zero-order chi connectivity index (χ0) is 17.5. The Morgan fingerprint density at radius 1 is 1.25 bits per heavy atom. The maximum atomic E-state index is 12.5. The highest BCUT2D eigenvalue weighted by Crippen LogP contribution is 2.13. The summed E-state index contributed by atoms with van der Waals surface area (Å²) >= 11 is 0. The van der Waals surface area contributed by atoms with Crippen molar-refractivity contribution in [1.82, 2.24) is 15.2 Å². The Balaban J connectivity index is 2.38. The van der Waals surface area contributed by atoms with E-state index in [2.05, 4.69) is 29.5 Å². The molecule has 6 nitrogen and oxygen atoms in total.